The van der Waals surface area contributed by atoms with Crippen LogP contribution in [0, 0.1) is 0 Å². The fourth-order valence-corrected chi connectivity index (χ4v) is 1.85. The van der Waals surface area contributed by atoms with Gasteiger partial charge in [0.1, 0.15) is 0 Å². The molecule has 10 heteroatoms. The number of nitrogens with one attached hydrogen (secondary N) is 1. The second-order valence-electron chi connectivity index (χ2n) is 3.37. The summed E-state index contributed by atoms with van der Waals surface area (Å²) in [4.78, 5) is -0.0810. The van der Waals surface area contributed by atoms with Gasteiger partial charge in [0.05, 0.1) is 4.90 Å². The maximum absolute atomic E-state index is 10.9. The van der Waals surface area contributed by atoms with Crippen molar-refractivity contribution in [3.05, 3.63) is 24.3 Å². The van der Waals surface area contributed by atoms with Crippen molar-refractivity contribution in [2.24, 2.45) is 5.14 Å². The van der Waals surface area contributed by atoms with Crippen molar-refractivity contribution in [3.8, 4) is 0 Å². The van der Waals surface area contributed by atoms with Gasteiger partial charge in [-0.25, -0.2) is 13.6 Å². The molecule has 4 N–H and O–H groups in total. The van der Waals surface area contributed by atoms with Gasteiger partial charge in [-0.2, -0.15) is 8.42 Å². The number of anilines is 1. The molecule has 0 aromatic heterocycles. The van der Waals surface area contributed by atoms with E-state index in [0.717, 1.165) is 0 Å². The third-order valence-electron chi connectivity index (χ3n) is 2.00. The average Bonchev–Trinajstić information content (AvgIpc) is 2.15. The van der Waals surface area contributed by atoms with E-state index in [9.17, 15) is 16.8 Å². The van der Waals surface area contributed by atoms with Crippen molar-refractivity contribution in [2.75, 3.05) is 5.32 Å². The molecule has 0 saturated heterocycles. The summed E-state index contributed by atoms with van der Waals surface area (Å²) in [5.41, 5.74) is 0.350. The molecule has 0 aliphatic carbocycles. The van der Waals surface area contributed by atoms with Gasteiger partial charge in [0.15, 0.2) is 5.37 Å². The minimum atomic E-state index is -4.19. The molecule has 1 aromatic carbocycles. The van der Waals surface area contributed by atoms with Crippen LogP contribution < -0.4 is 10.5 Å². The van der Waals surface area contributed by atoms with Crippen LogP contribution in [0.5, 0.6) is 0 Å². The van der Waals surface area contributed by atoms with Gasteiger partial charge < -0.3 is 5.32 Å². The molecule has 97 valence electrons. The maximum Gasteiger partial charge on any atom is 0.285 e. The molecule has 0 saturated carbocycles. The Balaban J connectivity index is 0.00000289. The molecule has 1 unspecified atom stereocenters. The molecule has 0 spiro atoms. The zero-order chi connectivity index (χ0) is 13.3. The largest absolute Gasteiger partial charge is 0.367 e. The summed E-state index contributed by atoms with van der Waals surface area (Å²) in [5, 5.41) is 6.19. The van der Waals surface area contributed by atoms with Crippen molar-refractivity contribution < 1.29 is 21.4 Å². The van der Waals surface area contributed by atoms with Crippen molar-refractivity contribution in [3.63, 3.8) is 0 Å². The topological polar surface area (TPSA) is 127 Å². The van der Waals surface area contributed by atoms with Crippen LogP contribution in [0.3, 0.4) is 0 Å². The fourth-order valence-electron chi connectivity index (χ4n) is 1.05. The Hall–Kier alpha value is -0.160. The van der Waals surface area contributed by atoms with Crippen molar-refractivity contribution in [1.82, 2.24) is 0 Å². The predicted octanol–water partition coefficient (Wildman–Crippen LogP) is -0.401. The molecule has 1 atom stereocenters. The summed E-state index contributed by atoms with van der Waals surface area (Å²) in [5.74, 6) is 0. The number of benzene rings is 1. The average molecular weight is 303 g/mol. The maximum atomic E-state index is 10.9. The summed E-state index contributed by atoms with van der Waals surface area (Å²) in [6.45, 7) is 1.25. The Bertz CT molecular complexity index is 597. The Morgan fingerprint density at radius 3 is 1.94 bits per heavy atom. The molecule has 1 aromatic rings. The van der Waals surface area contributed by atoms with E-state index in [1.54, 1.807) is 0 Å². The summed E-state index contributed by atoms with van der Waals surface area (Å²) >= 11 is 0. The molecule has 0 heterocycles. The molecule has 0 bridgehead atoms. The van der Waals surface area contributed by atoms with Crippen LogP contribution in [0.1, 0.15) is 6.92 Å². The Morgan fingerprint density at radius 1 is 1.17 bits per heavy atom. The molecule has 0 fully saturated rings. The predicted molar refractivity (Wildman–Crippen MR) is 68.2 cm³/mol. The van der Waals surface area contributed by atoms with E-state index in [-0.39, 0.29) is 34.5 Å². The molecule has 0 aliphatic rings. The van der Waals surface area contributed by atoms with Crippen LogP contribution in [-0.4, -0.2) is 56.3 Å². The van der Waals surface area contributed by atoms with Gasteiger partial charge in [-0.1, -0.05) is 0 Å². The van der Waals surface area contributed by atoms with Gasteiger partial charge in [0, 0.05) is 35.2 Å². The third-order valence-corrected chi connectivity index (χ3v) is 3.94. The summed E-state index contributed by atoms with van der Waals surface area (Å²) in [7, 11) is -7.97. The fraction of sp³-hybridized carbons (Fsp3) is 0.250. The van der Waals surface area contributed by atoms with Crippen molar-refractivity contribution >= 4 is 55.4 Å². The smallest absolute Gasteiger partial charge is 0.285 e. The Kier molecular flexibility index (Phi) is 6.27. The quantitative estimate of drug-likeness (QED) is 0.513. The third kappa shape index (κ3) is 5.22. The van der Waals surface area contributed by atoms with Crippen LogP contribution in [0.25, 0.3) is 0 Å². The van der Waals surface area contributed by atoms with Crippen molar-refractivity contribution in [2.45, 2.75) is 17.2 Å². The van der Waals surface area contributed by atoms with Crippen molar-refractivity contribution in [1.29, 1.82) is 0 Å². The van der Waals surface area contributed by atoms with Gasteiger partial charge in [-0.05, 0) is 31.2 Å². The first-order chi connectivity index (χ1) is 7.60. The minimum absolute atomic E-state index is 0. The molecule has 0 aliphatic heterocycles. The van der Waals surface area contributed by atoms with E-state index in [1.165, 1.54) is 31.2 Å². The molecule has 7 nitrogen and oxygen atoms in total. The SMILES string of the molecule is CC(Nc1ccc(S(N)(=O)=O)cc1)S(=O)(=O)O.[Na]. The monoisotopic (exact) mass is 303 g/mol. The van der Waals surface area contributed by atoms with Crippen LogP contribution in [0.15, 0.2) is 29.2 Å². The molecule has 18 heavy (non-hydrogen) atoms. The van der Waals surface area contributed by atoms with E-state index in [2.05, 4.69) is 5.32 Å². The zero-order valence-electron chi connectivity index (χ0n) is 9.86. The van der Waals surface area contributed by atoms with Crippen LogP contribution in [-0.2, 0) is 20.1 Å². The van der Waals surface area contributed by atoms with Crippen LogP contribution >= 0.6 is 0 Å². The van der Waals surface area contributed by atoms with E-state index < -0.39 is 25.5 Å². The van der Waals surface area contributed by atoms with Crippen LogP contribution in [0.4, 0.5) is 5.69 Å². The zero-order valence-corrected chi connectivity index (χ0v) is 13.5. The number of primary sulfonamides is 1. The van der Waals surface area contributed by atoms with Crippen LogP contribution in [0.2, 0.25) is 0 Å². The Labute approximate surface area is 128 Å². The van der Waals surface area contributed by atoms with Gasteiger partial charge in [-0.15, -0.1) is 0 Å². The number of rotatable bonds is 4. The van der Waals surface area contributed by atoms with E-state index in [1.807, 2.05) is 0 Å². The normalized spacial score (nSPS) is 13.5. The number of hydrogen-bond acceptors (Lipinski definition) is 5. The van der Waals surface area contributed by atoms with Gasteiger partial charge >= 0.3 is 0 Å². The molecular weight excluding hydrogens is 291 g/mol. The number of nitrogens with two attached hydrogens (primary N) is 1. The molecule has 1 rings (SSSR count). The summed E-state index contributed by atoms with van der Waals surface area (Å²) < 4.78 is 52.1. The summed E-state index contributed by atoms with van der Waals surface area (Å²) in [6.07, 6.45) is 0. The van der Waals surface area contributed by atoms with E-state index >= 15 is 0 Å². The second kappa shape index (κ2) is 6.33. The van der Waals surface area contributed by atoms with Gasteiger partial charge in [-0.3, -0.25) is 4.55 Å². The second-order valence-corrected chi connectivity index (χ2v) is 6.67. The number of hydrogen-bond donors (Lipinski definition) is 3. The standard InChI is InChI=1S/C8H12N2O5S2.Na/c1-6(17(13,14)15)10-7-2-4-8(5-3-7)16(9,11)12;/h2-6,10H,1H3,(H2,9,11,12)(H,13,14,15);. The first-order valence-corrected chi connectivity index (χ1v) is 7.51. The first kappa shape index (κ1) is 17.8. The van der Waals surface area contributed by atoms with Gasteiger partial charge in [0.2, 0.25) is 10.0 Å². The van der Waals surface area contributed by atoms with Gasteiger partial charge in [0.25, 0.3) is 10.1 Å². The van der Waals surface area contributed by atoms with E-state index in [4.69, 9.17) is 9.69 Å². The molecule has 1 radical (unpaired) electrons. The number of sulfonamides is 1. The molecule has 0 amide bonds. The van der Waals surface area contributed by atoms with E-state index in [0.29, 0.717) is 5.69 Å². The first-order valence-electron chi connectivity index (χ1n) is 4.46. The Morgan fingerprint density at radius 2 is 1.61 bits per heavy atom. The minimum Gasteiger partial charge on any atom is -0.367 e. The molecular formula is C8H12N2NaO5S2. The summed E-state index contributed by atoms with van der Waals surface area (Å²) in [6, 6.07) is 5.16.